The molecule has 1 aromatic carbocycles. The summed E-state index contributed by atoms with van der Waals surface area (Å²) in [6.45, 7) is 7.56. The lowest BCUT2D eigenvalue weighted by molar-refractivity contribution is 0.0933. The molecule has 212 valence electrons. The van der Waals surface area contributed by atoms with Crippen LogP contribution in [0.5, 0.6) is 0 Å². The maximum absolute atomic E-state index is 12.7. The van der Waals surface area contributed by atoms with Gasteiger partial charge in [-0.2, -0.15) is 0 Å². The molecule has 0 saturated heterocycles. The maximum Gasteiger partial charge on any atom is 0.407 e. The molecule has 0 aliphatic heterocycles. The number of aromatic nitrogens is 3. The van der Waals surface area contributed by atoms with Gasteiger partial charge in [0, 0.05) is 40.3 Å². The Hall–Kier alpha value is -2.07. The Morgan fingerprint density at radius 1 is 1.18 bits per heavy atom. The maximum atomic E-state index is 12.7. The van der Waals surface area contributed by atoms with Gasteiger partial charge in [0.25, 0.3) is 0 Å². The first kappa shape index (κ1) is 31.5. The monoisotopic (exact) mass is 614 g/mol. The van der Waals surface area contributed by atoms with E-state index in [9.17, 15) is 14.3 Å². The van der Waals surface area contributed by atoms with Crippen molar-refractivity contribution in [1.82, 2.24) is 20.3 Å². The van der Waals surface area contributed by atoms with Crippen LogP contribution in [0, 0.1) is 0 Å². The predicted molar refractivity (Wildman–Crippen MR) is 154 cm³/mol. The number of amides is 1. The average Bonchev–Trinajstić information content (AvgIpc) is 3.27. The van der Waals surface area contributed by atoms with Crippen LogP contribution in [0.2, 0.25) is 10.0 Å². The number of carbonyl (C=O) groups is 1. The van der Waals surface area contributed by atoms with Crippen molar-refractivity contribution in [3.8, 4) is 0 Å². The van der Waals surface area contributed by atoms with Crippen molar-refractivity contribution in [2.24, 2.45) is 0 Å². The fourth-order valence-electron chi connectivity index (χ4n) is 3.52. The zero-order valence-corrected chi connectivity index (χ0v) is 25.4. The Morgan fingerprint density at radius 3 is 2.46 bits per heavy atom. The number of pyridine rings is 1. The summed E-state index contributed by atoms with van der Waals surface area (Å²) in [5.41, 5.74) is 1.76. The van der Waals surface area contributed by atoms with Crippen molar-refractivity contribution in [2.75, 3.05) is 12.7 Å². The van der Waals surface area contributed by atoms with Crippen LogP contribution in [0.4, 0.5) is 4.79 Å². The van der Waals surface area contributed by atoms with E-state index in [0.29, 0.717) is 33.7 Å². The van der Waals surface area contributed by atoms with Gasteiger partial charge >= 0.3 is 13.7 Å². The summed E-state index contributed by atoms with van der Waals surface area (Å²) in [7, 11) is -3.84. The minimum Gasteiger partial charge on any atom is -0.438 e. The van der Waals surface area contributed by atoms with E-state index < -0.39 is 19.8 Å². The van der Waals surface area contributed by atoms with Crippen LogP contribution in [-0.4, -0.2) is 44.7 Å². The molecule has 0 radical (unpaired) electrons. The molecular weight excluding hydrogens is 582 g/mol. The fraction of sp³-hybridized carbons (Fsp3) is 0.423. The van der Waals surface area contributed by atoms with Crippen LogP contribution in [0.3, 0.4) is 0 Å². The zero-order chi connectivity index (χ0) is 28.6. The van der Waals surface area contributed by atoms with Gasteiger partial charge in [0.15, 0.2) is 6.10 Å². The zero-order valence-electron chi connectivity index (χ0n) is 22.2. The highest BCUT2D eigenvalue weighted by Gasteiger charge is 2.26. The Labute approximate surface area is 242 Å². The van der Waals surface area contributed by atoms with Crippen LogP contribution < -0.4 is 5.32 Å². The Bertz CT molecular complexity index is 1270. The summed E-state index contributed by atoms with van der Waals surface area (Å²) < 4.78 is 23.2. The molecule has 3 unspecified atom stereocenters. The average molecular weight is 616 g/mol. The first-order chi connectivity index (χ1) is 18.5. The molecule has 0 spiro atoms. The lowest BCUT2D eigenvalue weighted by Gasteiger charge is -2.18. The number of ether oxygens (including phenoxy) is 1. The summed E-state index contributed by atoms with van der Waals surface area (Å²) >= 11 is 13.8. The minimum atomic E-state index is -3.84. The molecule has 3 N–H and O–H groups in total. The summed E-state index contributed by atoms with van der Waals surface area (Å²) in [6.07, 6.45) is 2.16. The minimum absolute atomic E-state index is 0.0863. The molecular formula is C26H33Cl2N4O5PS. The van der Waals surface area contributed by atoms with Crippen LogP contribution in [-0.2, 0) is 20.2 Å². The molecule has 3 rings (SSSR count). The van der Waals surface area contributed by atoms with Crippen molar-refractivity contribution in [3.05, 3.63) is 69.9 Å². The Kier molecular flexibility index (Phi) is 11.7. The van der Waals surface area contributed by atoms with Crippen molar-refractivity contribution in [1.29, 1.82) is 0 Å². The highest BCUT2D eigenvalue weighted by atomic mass is 35.5. The second-order valence-corrected chi connectivity index (χ2v) is 13.1. The number of halogens is 2. The number of nitrogens with zero attached hydrogens (tertiary/aromatic N) is 2. The molecule has 3 atom stereocenters. The number of hydrogen-bond donors (Lipinski definition) is 3. The van der Waals surface area contributed by atoms with E-state index in [4.69, 9.17) is 37.4 Å². The number of nitrogens with one attached hydrogen (secondary N) is 2. The molecule has 2 heterocycles. The molecule has 0 aliphatic rings. The van der Waals surface area contributed by atoms with Crippen LogP contribution in [0.15, 0.2) is 52.6 Å². The molecule has 2 aromatic heterocycles. The number of rotatable bonds is 13. The number of benzene rings is 1. The Balaban J connectivity index is 1.79. The first-order valence-corrected chi connectivity index (χ1v) is 15.9. The van der Waals surface area contributed by atoms with E-state index in [0.717, 1.165) is 16.2 Å². The number of imidazole rings is 1. The van der Waals surface area contributed by atoms with Gasteiger partial charge in [0.05, 0.1) is 18.0 Å². The fourth-order valence-corrected chi connectivity index (χ4v) is 6.52. The van der Waals surface area contributed by atoms with E-state index >= 15 is 0 Å². The van der Waals surface area contributed by atoms with Crippen molar-refractivity contribution in [2.45, 2.75) is 68.6 Å². The van der Waals surface area contributed by atoms with Crippen molar-refractivity contribution in [3.63, 3.8) is 0 Å². The third kappa shape index (κ3) is 10.1. The van der Waals surface area contributed by atoms with Gasteiger partial charge in [-0.05, 0) is 55.2 Å². The quantitative estimate of drug-likeness (QED) is 0.170. The smallest absolute Gasteiger partial charge is 0.407 e. The van der Waals surface area contributed by atoms with E-state index in [1.54, 1.807) is 37.5 Å². The van der Waals surface area contributed by atoms with Crippen molar-refractivity contribution < 1.29 is 23.5 Å². The van der Waals surface area contributed by atoms with Gasteiger partial charge in [0.1, 0.15) is 10.9 Å². The number of H-pyrrole nitrogens is 1. The molecule has 0 aliphatic carbocycles. The predicted octanol–water partition coefficient (Wildman–Crippen LogP) is 7.40. The largest absolute Gasteiger partial charge is 0.438 e. The molecule has 0 saturated carbocycles. The highest BCUT2D eigenvalue weighted by Crippen LogP contribution is 2.43. The molecule has 39 heavy (non-hydrogen) atoms. The lowest BCUT2D eigenvalue weighted by atomic mass is 10.1. The third-order valence-electron chi connectivity index (χ3n) is 5.65. The van der Waals surface area contributed by atoms with Gasteiger partial charge in [-0.25, -0.2) is 9.78 Å². The lowest BCUT2D eigenvalue weighted by Crippen LogP contribution is -2.29. The number of hydrogen-bond acceptors (Lipinski definition) is 7. The second kappa shape index (κ2) is 14.5. The normalized spacial score (nSPS) is 14.6. The molecule has 1 amide bonds. The molecule has 13 heteroatoms. The van der Waals surface area contributed by atoms with Gasteiger partial charge in [0.2, 0.25) is 0 Å². The van der Waals surface area contributed by atoms with Crippen molar-refractivity contribution >= 4 is 48.7 Å². The van der Waals surface area contributed by atoms with E-state index in [2.05, 4.69) is 15.3 Å². The van der Waals surface area contributed by atoms with Gasteiger partial charge < -0.3 is 24.5 Å². The van der Waals surface area contributed by atoms with Gasteiger partial charge in [-0.3, -0.25) is 9.55 Å². The highest BCUT2D eigenvalue weighted by molar-refractivity contribution is 7.99. The van der Waals surface area contributed by atoms with Gasteiger partial charge in [-0.15, -0.1) is 0 Å². The topological polar surface area (TPSA) is 126 Å². The van der Waals surface area contributed by atoms with Crippen LogP contribution in [0.25, 0.3) is 0 Å². The first-order valence-electron chi connectivity index (χ1n) is 12.5. The standard InChI is InChI=1S/C26H33Cl2N4O5PS/c1-5-17(4)37-38(34,35)11-10-30-26(33)36-22(12-18-6-8-29-9-7-18)24-31-23(16(2)3)25(32-24)39-21-14-19(27)13-20(28)15-21/h6-9,13-17,22H,5,10-12H2,1-4H3,(H,30,33)(H,31,32)(H,34,35). The number of carbonyl (C=O) groups excluding carboxylic acids is 1. The van der Waals surface area contributed by atoms with E-state index in [-0.39, 0.29) is 24.7 Å². The molecule has 0 fully saturated rings. The summed E-state index contributed by atoms with van der Waals surface area (Å²) in [5.74, 6) is 0.567. The molecule has 0 bridgehead atoms. The van der Waals surface area contributed by atoms with Crippen LogP contribution >= 0.6 is 42.6 Å². The molecule has 9 nitrogen and oxygen atoms in total. The van der Waals surface area contributed by atoms with Crippen LogP contribution in [0.1, 0.15) is 63.2 Å². The SMILES string of the molecule is CCC(C)OP(=O)(O)CCNC(=O)OC(Cc1ccncc1)c1nc(Sc2cc(Cl)cc(Cl)c2)c(C(C)C)[nH]1. The Morgan fingerprint density at radius 2 is 1.85 bits per heavy atom. The van der Waals surface area contributed by atoms with E-state index in [1.165, 1.54) is 11.8 Å². The number of aromatic amines is 1. The number of alkyl carbamates (subject to hydrolysis) is 1. The third-order valence-corrected chi connectivity index (χ3v) is 8.54. The summed E-state index contributed by atoms with van der Waals surface area (Å²) in [6, 6.07) is 8.94. The summed E-state index contributed by atoms with van der Waals surface area (Å²) in [4.78, 5) is 35.8. The second-order valence-electron chi connectivity index (χ2n) is 9.27. The van der Waals surface area contributed by atoms with Gasteiger partial charge in [-0.1, -0.05) is 55.7 Å². The van der Waals surface area contributed by atoms with E-state index in [1.807, 2.05) is 32.9 Å². The molecule has 3 aromatic rings. The summed E-state index contributed by atoms with van der Waals surface area (Å²) in [5, 5.41) is 4.30.